The second kappa shape index (κ2) is 12.4. The lowest BCUT2D eigenvalue weighted by Crippen LogP contribution is -2.16. The van der Waals surface area contributed by atoms with Gasteiger partial charge >= 0.3 is 0 Å². The third kappa shape index (κ3) is 5.07. The van der Waals surface area contributed by atoms with E-state index in [2.05, 4.69) is 169 Å². The minimum atomic E-state index is -0.254. The predicted octanol–water partition coefficient (Wildman–Crippen LogP) is 12.4. The Morgan fingerprint density at radius 2 is 1.19 bits per heavy atom. The van der Waals surface area contributed by atoms with Crippen LogP contribution in [-0.4, -0.2) is 0 Å². The molecule has 1 aliphatic rings. The molecular formula is C50H36N2. The number of fused-ring (bicyclic) bond motifs is 7. The van der Waals surface area contributed by atoms with Gasteiger partial charge in [0.1, 0.15) is 0 Å². The van der Waals surface area contributed by atoms with Crippen LogP contribution in [0.15, 0.2) is 182 Å². The number of nitrogens with two attached hydrogens (primary N) is 1. The van der Waals surface area contributed by atoms with E-state index in [9.17, 15) is 0 Å². The largest absolute Gasteiger partial charge is 0.381 e. The Bertz CT molecular complexity index is 2840. The van der Waals surface area contributed by atoms with Crippen LogP contribution >= 0.6 is 0 Å². The van der Waals surface area contributed by atoms with Crippen LogP contribution in [0.4, 0.5) is 0 Å². The number of nitrogens with one attached hydrogen (secondary N) is 1. The Morgan fingerprint density at radius 3 is 2.00 bits per heavy atom. The summed E-state index contributed by atoms with van der Waals surface area (Å²) in [5.41, 5.74) is 18.9. The van der Waals surface area contributed by atoms with Crippen LogP contribution in [0.3, 0.4) is 0 Å². The Morgan fingerprint density at radius 1 is 0.500 bits per heavy atom. The van der Waals surface area contributed by atoms with Crippen molar-refractivity contribution >= 4 is 48.8 Å². The lowest BCUT2D eigenvalue weighted by molar-refractivity contribution is 0.858. The number of hydrogen-bond acceptors (Lipinski definition) is 2. The highest BCUT2D eigenvalue weighted by Gasteiger charge is 2.22. The summed E-state index contributed by atoms with van der Waals surface area (Å²) in [6.45, 7) is 0.668. The molecule has 2 heteroatoms. The molecule has 3 N–H and O–H groups in total. The zero-order valence-corrected chi connectivity index (χ0v) is 28.7. The van der Waals surface area contributed by atoms with Gasteiger partial charge in [-0.2, -0.15) is 0 Å². The summed E-state index contributed by atoms with van der Waals surface area (Å²) < 4.78 is 0. The van der Waals surface area contributed by atoms with Crippen LogP contribution in [-0.2, 0) is 6.54 Å². The molecule has 0 spiro atoms. The third-order valence-corrected chi connectivity index (χ3v) is 10.8. The van der Waals surface area contributed by atoms with E-state index in [-0.39, 0.29) is 6.04 Å². The van der Waals surface area contributed by atoms with E-state index in [0.717, 1.165) is 16.8 Å². The SMILES string of the molecule is NC(/C=C(\NCc1ccc(-c2c3ccccc3cc3c2ccc2ccccc23)cc1)c1ccc2c(c1)-c1cccc3cccc-2c13)c1ccccc1. The summed E-state index contributed by atoms with van der Waals surface area (Å²) in [4.78, 5) is 0. The second-order valence-corrected chi connectivity index (χ2v) is 13.9. The molecule has 0 saturated carbocycles. The standard InChI is InChI=1S/C50H36N2/c51-47(34-11-2-1-3-12-34)30-48(38-25-26-41-42-18-8-14-35-15-9-19-43(50(35)42)46(41)29-38)52-31-32-20-22-36(23-21-32)49-40-17-7-5-13-37(40)28-45-39-16-6-4-10-33(39)24-27-44(45)49/h1-30,47,52H,31,51H2/b48-30-. The topological polar surface area (TPSA) is 38.0 Å². The van der Waals surface area contributed by atoms with E-state index in [1.807, 2.05) is 18.2 Å². The quantitative estimate of drug-likeness (QED) is 0.131. The van der Waals surface area contributed by atoms with E-state index in [1.54, 1.807) is 0 Å². The van der Waals surface area contributed by atoms with Gasteiger partial charge in [0.2, 0.25) is 0 Å². The van der Waals surface area contributed by atoms with Crippen molar-refractivity contribution in [1.29, 1.82) is 0 Å². The van der Waals surface area contributed by atoms with E-state index < -0.39 is 0 Å². The summed E-state index contributed by atoms with van der Waals surface area (Å²) in [5, 5.41) is 14.1. The van der Waals surface area contributed by atoms with Crippen molar-refractivity contribution < 1.29 is 0 Å². The van der Waals surface area contributed by atoms with Gasteiger partial charge in [0.05, 0.1) is 6.04 Å². The van der Waals surface area contributed by atoms with Crippen molar-refractivity contribution in [3.63, 3.8) is 0 Å². The summed E-state index contributed by atoms with van der Waals surface area (Å²) in [5.74, 6) is 0. The molecule has 0 heterocycles. The zero-order valence-electron chi connectivity index (χ0n) is 28.7. The fourth-order valence-corrected chi connectivity index (χ4v) is 8.29. The fraction of sp³-hybridized carbons (Fsp3) is 0.0400. The highest BCUT2D eigenvalue weighted by molar-refractivity contribution is 6.20. The Hall–Kier alpha value is -6.48. The second-order valence-electron chi connectivity index (χ2n) is 13.9. The van der Waals surface area contributed by atoms with Crippen LogP contribution in [0.5, 0.6) is 0 Å². The molecule has 0 aromatic heterocycles. The molecule has 2 nitrogen and oxygen atoms in total. The van der Waals surface area contributed by atoms with Gasteiger partial charge < -0.3 is 11.1 Å². The van der Waals surface area contributed by atoms with Gasteiger partial charge in [0, 0.05) is 12.2 Å². The van der Waals surface area contributed by atoms with Gasteiger partial charge in [-0.25, -0.2) is 0 Å². The number of benzene rings is 9. The molecule has 9 aromatic carbocycles. The van der Waals surface area contributed by atoms with E-state index in [0.29, 0.717) is 6.54 Å². The molecule has 9 aromatic rings. The summed E-state index contributed by atoms with van der Waals surface area (Å²) in [7, 11) is 0. The van der Waals surface area contributed by atoms with Gasteiger partial charge in [-0.1, -0.05) is 164 Å². The monoisotopic (exact) mass is 664 g/mol. The number of rotatable bonds is 7. The smallest absolute Gasteiger partial charge is 0.0504 e. The van der Waals surface area contributed by atoms with Gasteiger partial charge in [-0.3, -0.25) is 0 Å². The maximum absolute atomic E-state index is 6.84. The molecule has 1 atom stereocenters. The van der Waals surface area contributed by atoms with Crippen LogP contribution in [0.25, 0.3) is 82.2 Å². The van der Waals surface area contributed by atoms with Crippen molar-refractivity contribution in [2.75, 3.05) is 0 Å². The molecule has 1 unspecified atom stereocenters. The first kappa shape index (κ1) is 30.4. The molecule has 0 aliphatic heterocycles. The van der Waals surface area contributed by atoms with E-state index in [4.69, 9.17) is 5.73 Å². The first-order valence-electron chi connectivity index (χ1n) is 18.1. The van der Waals surface area contributed by atoms with Crippen molar-refractivity contribution in [2.24, 2.45) is 5.73 Å². The molecule has 0 saturated heterocycles. The summed E-state index contributed by atoms with van der Waals surface area (Å²) >= 11 is 0. The fourth-order valence-electron chi connectivity index (χ4n) is 8.29. The molecular weight excluding hydrogens is 629 g/mol. The maximum atomic E-state index is 6.84. The summed E-state index contributed by atoms with van der Waals surface area (Å²) in [6, 6.07) is 63.5. The number of hydrogen-bond donors (Lipinski definition) is 2. The Balaban J connectivity index is 1.01. The van der Waals surface area contributed by atoms with Crippen molar-refractivity contribution in [3.05, 3.63) is 199 Å². The van der Waals surface area contributed by atoms with Crippen molar-refractivity contribution in [2.45, 2.75) is 12.6 Å². The molecule has 0 bridgehead atoms. The van der Waals surface area contributed by atoms with E-state index in [1.165, 1.54) is 82.0 Å². The minimum absolute atomic E-state index is 0.254. The lowest BCUT2D eigenvalue weighted by atomic mass is 9.89. The first-order chi connectivity index (χ1) is 25.7. The molecule has 0 radical (unpaired) electrons. The molecule has 52 heavy (non-hydrogen) atoms. The third-order valence-electron chi connectivity index (χ3n) is 10.8. The van der Waals surface area contributed by atoms with Crippen LogP contribution < -0.4 is 11.1 Å². The Labute approximate surface area is 303 Å². The van der Waals surface area contributed by atoms with Gasteiger partial charge in [-0.05, 0) is 111 Å². The van der Waals surface area contributed by atoms with Gasteiger partial charge in [-0.15, -0.1) is 0 Å². The Kier molecular flexibility index (Phi) is 7.23. The minimum Gasteiger partial charge on any atom is -0.381 e. The van der Waals surface area contributed by atoms with Crippen LogP contribution in [0.1, 0.15) is 22.7 Å². The normalized spacial score (nSPS) is 12.8. The van der Waals surface area contributed by atoms with Gasteiger partial charge in [0.25, 0.3) is 0 Å². The van der Waals surface area contributed by atoms with Crippen molar-refractivity contribution in [1.82, 2.24) is 5.32 Å². The highest BCUT2D eigenvalue weighted by Crippen LogP contribution is 2.48. The molecule has 0 amide bonds. The van der Waals surface area contributed by atoms with Crippen molar-refractivity contribution in [3.8, 4) is 33.4 Å². The highest BCUT2D eigenvalue weighted by atomic mass is 14.9. The van der Waals surface area contributed by atoms with Gasteiger partial charge in [0.15, 0.2) is 0 Å². The first-order valence-corrected chi connectivity index (χ1v) is 18.1. The average molecular weight is 665 g/mol. The lowest BCUT2D eigenvalue weighted by Gasteiger charge is -2.17. The summed E-state index contributed by atoms with van der Waals surface area (Å²) in [6.07, 6.45) is 2.17. The predicted molar refractivity (Wildman–Crippen MR) is 221 cm³/mol. The maximum Gasteiger partial charge on any atom is 0.0504 e. The van der Waals surface area contributed by atoms with Crippen LogP contribution in [0.2, 0.25) is 0 Å². The molecule has 1 aliphatic carbocycles. The van der Waals surface area contributed by atoms with Crippen LogP contribution in [0, 0.1) is 0 Å². The molecule has 0 fully saturated rings. The molecule has 246 valence electrons. The van der Waals surface area contributed by atoms with E-state index >= 15 is 0 Å². The molecule has 10 rings (SSSR count). The zero-order chi connectivity index (χ0) is 34.6. The average Bonchev–Trinajstić information content (AvgIpc) is 3.53.